The van der Waals surface area contributed by atoms with Crippen LogP contribution >= 0.6 is 0 Å². The van der Waals surface area contributed by atoms with Crippen LogP contribution in [0.1, 0.15) is 17.2 Å². The summed E-state index contributed by atoms with van der Waals surface area (Å²) >= 11 is 0. The van der Waals surface area contributed by atoms with Crippen molar-refractivity contribution in [2.24, 2.45) is 0 Å². The highest BCUT2D eigenvalue weighted by Crippen LogP contribution is 2.41. The molecule has 2 aromatic rings. The third-order valence-electron chi connectivity index (χ3n) is 5.55. The summed E-state index contributed by atoms with van der Waals surface area (Å²) in [7, 11) is 6.82. The Morgan fingerprint density at radius 1 is 1.09 bits per heavy atom. The van der Waals surface area contributed by atoms with Crippen molar-refractivity contribution >= 4 is 17.4 Å². The van der Waals surface area contributed by atoms with Crippen molar-refractivity contribution in [2.75, 3.05) is 48.0 Å². The van der Waals surface area contributed by atoms with Crippen LogP contribution in [0.3, 0.4) is 0 Å². The molecule has 8 nitrogen and oxygen atoms in total. The Balaban J connectivity index is 2.11. The lowest BCUT2D eigenvalue weighted by Gasteiger charge is -2.27. The average molecular weight is 467 g/mol. The Morgan fingerprint density at radius 2 is 1.76 bits per heavy atom. The molecule has 1 saturated heterocycles. The molecule has 1 amide bonds. The van der Waals surface area contributed by atoms with Crippen LogP contribution in [0.25, 0.3) is 5.76 Å². The maximum Gasteiger partial charge on any atom is 0.295 e. The Hall–Kier alpha value is -3.78. The minimum Gasteiger partial charge on any atom is -0.507 e. The maximum absolute atomic E-state index is 13.1. The van der Waals surface area contributed by atoms with Gasteiger partial charge in [-0.2, -0.15) is 0 Å². The van der Waals surface area contributed by atoms with Crippen LogP contribution in [-0.2, 0) is 9.59 Å². The van der Waals surface area contributed by atoms with E-state index in [0.29, 0.717) is 48.1 Å². The highest BCUT2D eigenvalue weighted by molar-refractivity contribution is 6.46. The van der Waals surface area contributed by atoms with E-state index in [1.807, 2.05) is 19.0 Å². The first-order valence-corrected chi connectivity index (χ1v) is 10.8. The second-order valence-electron chi connectivity index (χ2n) is 8.03. The van der Waals surface area contributed by atoms with E-state index in [1.54, 1.807) is 48.5 Å². The molecule has 1 N–H and O–H groups in total. The molecular formula is C26H30N2O6. The number of benzene rings is 2. The molecule has 1 atom stereocenters. The van der Waals surface area contributed by atoms with Crippen LogP contribution in [0.2, 0.25) is 0 Å². The zero-order valence-corrected chi connectivity index (χ0v) is 19.9. The van der Waals surface area contributed by atoms with Crippen LogP contribution < -0.4 is 14.2 Å². The number of amides is 1. The fourth-order valence-electron chi connectivity index (χ4n) is 3.81. The van der Waals surface area contributed by atoms with Gasteiger partial charge in [-0.05, 0) is 56.1 Å². The average Bonchev–Trinajstić information content (AvgIpc) is 3.10. The number of hydrogen-bond donors (Lipinski definition) is 1. The van der Waals surface area contributed by atoms with Gasteiger partial charge in [-0.1, -0.05) is 18.7 Å². The molecule has 1 aliphatic heterocycles. The Kier molecular flexibility index (Phi) is 7.96. The first kappa shape index (κ1) is 24.9. The number of methoxy groups -OCH3 is 2. The number of carbonyl (C=O) groups is 2. The third-order valence-corrected chi connectivity index (χ3v) is 5.55. The predicted octanol–water partition coefficient (Wildman–Crippen LogP) is 3.25. The van der Waals surface area contributed by atoms with Gasteiger partial charge in [0.15, 0.2) is 11.5 Å². The van der Waals surface area contributed by atoms with Crippen LogP contribution in [-0.4, -0.2) is 74.6 Å². The largest absolute Gasteiger partial charge is 0.507 e. The quantitative estimate of drug-likeness (QED) is 0.249. The van der Waals surface area contributed by atoms with Gasteiger partial charge >= 0.3 is 0 Å². The Morgan fingerprint density at radius 3 is 2.35 bits per heavy atom. The lowest BCUT2D eigenvalue weighted by molar-refractivity contribution is -0.140. The van der Waals surface area contributed by atoms with Crippen LogP contribution in [0.5, 0.6) is 17.2 Å². The van der Waals surface area contributed by atoms with Crippen LogP contribution in [0.4, 0.5) is 0 Å². The molecule has 0 aromatic heterocycles. The van der Waals surface area contributed by atoms with E-state index >= 15 is 0 Å². The minimum absolute atomic E-state index is 0.0238. The molecule has 180 valence electrons. The second kappa shape index (κ2) is 10.9. The summed E-state index contributed by atoms with van der Waals surface area (Å²) in [5, 5.41) is 11.2. The molecule has 1 fully saturated rings. The first-order chi connectivity index (χ1) is 16.3. The zero-order chi connectivity index (χ0) is 24.8. The topological polar surface area (TPSA) is 88.5 Å². The summed E-state index contributed by atoms with van der Waals surface area (Å²) < 4.78 is 16.2. The molecule has 0 spiro atoms. The van der Waals surface area contributed by atoms with Gasteiger partial charge in [0, 0.05) is 18.7 Å². The lowest BCUT2D eigenvalue weighted by Crippen LogP contribution is -2.35. The van der Waals surface area contributed by atoms with Gasteiger partial charge in [0.05, 0.1) is 25.8 Å². The van der Waals surface area contributed by atoms with Crippen molar-refractivity contribution in [1.29, 1.82) is 0 Å². The van der Waals surface area contributed by atoms with E-state index in [-0.39, 0.29) is 11.3 Å². The summed E-state index contributed by atoms with van der Waals surface area (Å²) in [5.74, 6) is -0.0641. The van der Waals surface area contributed by atoms with Crippen LogP contribution in [0.15, 0.2) is 60.7 Å². The molecule has 1 aliphatic rings. The van der Waals surface area contributed by atoms with E-state index in [1.165, 1.54) is 19.1 Å². The number of aliphatic hydroxyl groups is 1. The molecular weight excluding hydrogens is 436 g/mol. The van der Waals surface area contributed by atoms with Gasteiger partial charge in [-0.15, -0.1) is 0 Å². The Labute approximate surface area is 199 Å². The molecule has 34 heavy (non-hydrogen) atoms. The first-order valence-electron chi connectivity index (χ1n) is 10.8. The number of ketones is 1. The molecule has 0 saturated carbocycles. The summed E-state index contributed by atoms with van der Waals surface area (Å²) in [6.07, 6.45) is 1.63. The second-order valence-corrected chi connectivity index (χ2v) is 8.03. The SMILES string of the molecule is C=CCOc1ccc(/C(O)=C2/C(=O)C(=O)N(CCN(C)C)C2c2ccc(OC)c(OC)c2)cc1. The molecule has 3 rings (SSSR count). The van der Waals surface area contributed by atoms with Crippen molar-refractivity contribution < 1.29 is 28.9 Å². The Bertz CT molecular complexity index is 1090. The number of carbonyl (C=O) groups excluding carboxylic acids is 2. The number of ether oxygens (including phenoxy) is 3. The van der Waals surface area contributed by atoms with Gasteiger partial charge in [0.2, 0.25) is 0 Å². The third kappa shape index (κ3) is 5.07. The van der Waals surface area contributed by atoms with E-state index in [0.717, 1.165) is 0 Å². The van der Waals surface area contributed by atoms with Gasteiger partial charge in [0.1, 0.15) is 18.1 Å². The molecule has 1 unspecified atom stereocenters. The number of hydrogen-bond acceptors (Lipinski definition) is 7. The summed E-state index contributed by atoms with van der Waals surface area (Å²) in [6, 6.07) is 11.1. The number of likely N-dealkylation sites (tertiary alicyclic amines) is 1. The van der Waals surface area contributed by atoms with Gasteiger partial charge in [-0.3, -0.25) is 9.59 Å². The summed E-state index contributed by atoms with van der Waals surface area (Å²) in [5.41, 5.74) is 1.06. The van der Waals surface area contributed by atoms with Crippen molar-refractivity contribution in [3.05, 3.63) is 71.8 Å². The predicted molar refractivity (Wildman–Crippen MR) is 129 cm³/mol. The van der Waals surface area contributed by atoms with Crippen molar-refractivity contribution in [3.63, 3.8) is 0 Å². The molecule has 0 aliphatic carbocycles. The van der Waals surface area contributed by atoms with Gasteiger partial charge < -0.3 is 29.1 Å². The normalized spacial score (nSPS) is 17.2. The molecule has 2 aromatic carbocycles. The zero-order valence-electron chi connectivity index (χ0n) is 19.9. The number of Topliss-reactive ketones (excluding diaryl/α,β-unsaturated/α-hetero) is 1. The number of aliphatic hydroxyl groups excluding tert-OH is 1. The molecule has 1 heterocycles. The standard InChI is InChI=1S/C26H30N2O6/c1-6-15-34-19-10-7-17(8-11-19)24(29)22-23(18-9-12-20(32-4)21(16-18)33-5)28(14-13-27(2)3)26(31)25(22)30/h6-12,16,23,29H,1,13-15H2,2-5H3/b24-22-. The van der Waals surface area contributed by atoms with Crippen molar-refractivity contribution in [1.82, 2.24) is 9.80 Å². The summed E-state index contributed by atoms with van der Waals surface area (Å²) in [6.45, 7) is 4.82. The highest BCUT2D eigenvalue weighted by Gasteiger charge is 2.46. The number of rotatable bonds is 10. The monoisotopic (exact) mass is 466 g/mol. The molecule has 0 bridgehead atoms. The maximum atomic E-state index is 13.1. The molecule has 8 heteroatoms. The number of nitrogens with zero attached hydrogens (tertiary/aromatic N) is 2. The number of likely N-dealkylation sites (N-methyl/N-ethyl adjacent to an activating group) is 1. The lowest BCUT2D eigenvalue weighted by atomic mass is 9.95. The van der Waals surface area contributed by atoms with Gasteiger partial charge in [0.25, 0.3) is 11.7 Å². The van der Waals surface area contributed by atoms with Crippen molar-refractivity contribution in [2.45, 2.75) is 6.04 Å². The van der Waals surface area contributed by atoms with Crippen LogP contribution in [0, 0.1) is 0 Å². The highest BCUT2D eigenvalue weighted by atomic mass is 16.5. The minimum atomic E-state index is -0.781. The smallest absolute Gasteiger partial charge is 0.295 e. The van der Waals surface area contributed by atoms with E-state index in [4.69, 9.17) is 14.2 Å². The fourth-order valence-corrected chi connectivity index (χ4v) is 3.81. The van der Waals surface area contributed by atoms with Gasteiger partial charge in [-0.25, -0.2) is 0 Å². The van der Waals surface area contributed by atoms with Crippen molar-refractivity contribution in [3.8, 4) is 17.2 Å². The van der Waals surface area contributed by atoms with E-state index in [2.05, 4.69) is 6.58 Å². The van der Waals surface area contributed by atoms with E-state index < -0.39 is 17.7 Å². The summed E-state index contributed by atoms with van der Waals surface area (Å²) in [4.78, 5) is 29.6. The molecule has 0 radical (unpaired) electrons. The fraction of sp³-hybridized carbons (Fsp3) is 0.308. The van der Waals surface area contributed by atoms with E-state index in [9.17, 15) is 14.7 Å².